The van der Waals surface area contributed by atoms with Crippen LogP contribution < -0.4 is 0 Å². The smallest absolute Gasteiger partial charge is 0.471 e. The summed E-state index contributed by atoms with van der Waals surface area (Å²) in [5.41, 5.74) is 0. The normalized spacial score (nSPS) is 35.1. The molecule has 0 aromatic heterocycles. The van der Waals surface area contributed by atoms with Crippen molar-refractivity contribution in [3.8, 4) is 0 Å². The van der Waals surface area contributed by atoms with Gasteiger partial charge in [0.1, 0.15) is 0 Å². The Bertz CT molecular complexity index is 398. The second-order valence-corrected chi connectivity index (χ2v) is 4.94. The minimum absolute atomic E-state index is 0.0911. The van der Waals surface area contributed by atoms with Crippen LogP contribution in [0.25, 0.3) is 0 Å². The van der Waals surface area contributed by atoms with Crippen LogP contribution in [-0.2, 0) is 14.3 Å². The second-order valence-electron chi connectivity index (χ2n) is 4.94. The maximum Gasteiger partial charge on any atom is 0.471 e. The Balaban J connectivity index is 2.21. The lowest BCUT2D eigenvalue weighted by Gasteiger charge is -2.41. The zero-order valence-corrected chi connectivity index (χ0v) is 10.2. The number of carbonyl (C=O) groups is 2. The van der Waals surface area contributed by atoms with E-state index in [1.807, 2.05) is 0 Å². The van der Waals surface area contributed by atoms with Gasteiger partial charge in [0.05, 0.1) is 12.1 Å². The van der Waals surface area contributed by atoms with Crippen LogP contribution in [0.2, 0.25) is 0 Å². The Morgan fingerprint density at radius 1 is 1.32 bits per heavy atom. The fourth-order valence-electron chi connectivity index (χ4n) is 2.81. The predicted molar refractivity (Wildman–Crippen MR) is 56.3 cm³/mol. The number of ether oxygens (including phenoxy) is 1. The molecule has 2 saturated heterocycles. The molecule has 2 fully saturated rings. The van der Waals surface area contributed by atoms with Gasteiger partial charge >= 0.3 is 18.1 Å². The first-order valence-corrected chi connectivity index (χ1v) is 5.99. The van der Waals surface area contributed by atoms with Gasteiger partial charge in [-0.25, -0.2) is 4.79 Å². The number of carboxylic acids is 1. The number of aliphatic carboxylic acids is 1. The molecule has 0 aromatic rings. The second kappa shape index (κ2) is 4.66. The van der Waals surface area contributed by atoms with E-state index in [-0.39, 0.29) is 6.42 Å². The summed E-state index contributed by atoms with van der Waals surface area (Å²) in [6.07, 6.45) is -5.96. The summed E-state index contributed by atoms with van der Waals surface area (Å²) in [5, 5.41) is 8.86. The molecule has 0 bridgehead atoms. The number of carboxylic acid groups (broad SMARTS) is 1. The van der Waals surface area contributed by atoms with E-state index in [0.717, 1.165) is 4.90 Å². The third-order valence-corrected chi connectivity index (χ3v) is 3.68. The van der Waals surface area contributed by atoms with E-state index >= 15 is 0 Å². The van der Waals surface area contributed by atoms with Crippen LogP contribution in [0.5, 0.6) is 0 Å². The average molecular weight is 281 g/mol. The topological polar surface area (TPSA) is 66.8 Å². The number of halogens is 3. The highest BCUT2D eigenvalue weighted by molar-refractivity contribution is 5.83. The number of hydrogen-bond donors (Lipinski definition) is 1. The molecule has 8 heteroatoms. The van der Waals surface area contributed by atoms with E-state index in [0.29, 0.717) is 12.8 Å². The van der Waals surface area contributed by atoms with Crippen molar-refractivity contribution in [1.82, 2.24) is 4.90 Å². The first-order valence-electron chi connectivity index (χ1n) is 5.99. The van der Waals surface area contributed by atoms with Crippen LogP contribution in [0, 0.1) is 0 Å². The molecule has 2 rings (SSSR count). The number of amides is 1. The summed E-state index contributed by atoms with van der Waals surface area (Å²) >= 11 is 0. The van der Waals surface area contributed by atoms with Gasteiger partial charge in [-0.05, 0) is 19.8 Å². The summed E-state index contributed by atoms with van der Waals surface area (Å²) in [7, 11) is 0. The molecule has 0 aliphatic carbocycles. The minimum Gasteiger partial charge on any atom is -0.479 e. The van der Waals surface area contributed by atoms with Gasteiger partial charge in [-0.3, -0.25) is 4.79 Å². The Kier molecular flexibility index (Phi) is 3.46. The molecule has 4 unspecified atom stereocenters. The summed E-state index contributed by atoms with van der Waals surface area (Å²) < 4.78 is 42.9. The Labute approximate surface area is 107 Å². The molecule has 0 aromatic carbocycles. The lowest BCUT2D eigenvalue weighted by atomic mass is 9.92. The van der Waals surface area contributed by atoms with Crippen molar-refractivity contribution < 1.29 is 32.6 Å². The Morgan fingerprint density at radius 2 is 1.95 bits per heavy atom. The average Bonchev–Trinajstić information content (AvgIpc) is 2.70. The van der Waals surface area contributed by atoms with Gasteiger partial charge in [-0.1, -0.05) is 0 Å². The van der Waals surface area contributed by atoms with E-state index in [1.165, 1.54) is 6.92 Å². The Morgan fingerprint density at radius 3 is 2.47 bits per heavy atom. The van der Waals surface area contributed by atoms with Gasteiger partial charge in [0.15, 0.2) is 6.10 Å². The number of hydrogen-bond acceptors (Lipinski definition) is 3. The van der Waals surface area contributed by atoms with Gasteiger partial charge in [-0.15, -0.1) is 0 Å². The number of carbonyl (C=O) groups excluding carboxylic acids is 1. The standard InChI is InChI=1S/C11H14F3NO4/c1-5-2-3-7-6(4-8(19-7)9(16)17)15(5)10(18)11(12,13)14/h5-8H,2-4H2,1H3,(H,16,17). The quantitative estimate of drug-likeness (QED) is 0.783. The van der Waals surface area contributed by atoms with Crippen molar-refractivity contribution in [1.29, 1.82) is 0 Å². The molecule has 1 N–H and O–H groups in total. The molecule has 1 amide bonds. The number of alkyl halides is 3. The predicted octanol–water partition coefficient (Wildman–Crippen LogP) is 1.17. The van der Waals surface area contributed by atoms with E-state index in [4.69, 9.17) is 9.84 Å². The van der Waals surface area contributed by atoms with Crippen molar-refractivity contribution in [2.45, 2.75) is 56.7 Å². The Hall–Kier alpha value is -1.31. The lowest BCUT2D eigenvalue weighted by Crippen LogP contribution is -2.56. The molecular weight excluding hydrogens is 267 g/mol. The van der Waals surface area contributed by atoms with Crippen LogP contribution in [0.15, 0.2) is 0 Å². The molecule has 5 nitrogen and oxygen atoms in total. The highest BCUT2D eigenvalue weighted by atomic mass is 19.4. The van der Waals surface area contributed by atoms with E-state index in [2.05, 4.69) is 0 Å². The highest BCUT2D eigenvalue weighted by Crippen LogP contribution is 2.37. The number of nitrogens with zero attached hydrogens (tertiary/aromatic N) is 1. The number of likely N-dealkylation sites (tertiary alicyclic amines) is 1. The molecule has 0 spiro atoms. The molecule has 0 radical (unpaired) electrons. The summed E-state index contributed by atoms with van der Waals surface area (Å²) in [6.45, 7) is 1.54. The zero-order valence-electron chi connectivity index (χ0n) is 10.2. The highest BCUT2D eigenvalue weighted by Gasteiger charge is 2.53. The summed E-state index contributed by atoms with van der Waals surface area (Å²) in [5.74, 6) is -3.12. The van der Waals surface area contributed by atoms with Crippen molar-refractivity contribution in [3.05, 3.63) is 0 Å². The number of rotatable bonds is 1. The fraction of sp³-hybridized carbons (Fsp3) is 0.818. The fourth-order valence-corrected chi connectivity index (χ4v) is 2.81. The molecular formula is C11H14F3NO4. The molecule has 2 heterocycles. The van der Waals surface area contributed by atoms with E-state index in [9.17, 15) is 22.8 Å². The molecule has 2 aliphatic heterocycles. The maximum absolute atomic E-state index is 12.6. The van der Waals surface area contributed by atoms with Gasteiger partial charge in [0.25, 0.3) is 0 Å². The molecule has 108 valence electrons. The maximum atomic E-state index is 12.6. The SMILES string of the molecule is CC1CCC2OC(C(=O)O)CC2N1C(=O)C(F)(F)F. The summed E-state index contributed by atoms with van der Waals surface area (Å²) in [6, 6.07) is -1.37. The van der Waals surface area contributed by atoms with Crippen LogP contribution in [0.3, 0.4) is 0 Å². The van der Waals surface area contributed by atoms with Crippen molar-refractivity contribution in [2.75, 3.05) is 0 Å². The molecule has 4 atom stereocenters. The third-order valence-electron chi connectivity index (χ3n) is 3.68. The van der Waals surface area contributed by atoms with Crippen LogP contribution in [-0.4, -0.2) is 52.4 Å². The van der Waals surface area contributed by atoms with Crippen LogP contribution in [0.1, 0.15) is 26.2 Å². The molecule has 19 heavy (non-hydrogen) atoms. The molecule has 0 saturated carbocycles. The van der Waals surface area contributed by atoms with Crippen LogP contribution in [0.4, 0.5) is 13.2 Å². The minimum atomic E-state index is -4.95. The van der Waals surface area contributed by atoms with E-state index in [1.54, 1.807) is 0 Å². The number of fused-ring (bicyclic) bond motifs is 1. The lowest BCUT2D eigenvalue weighted by molar-refractivity contribution is -0.193. The van der Waals surface area contributed by atoms with Crippen molar-refractivity contribution in [2.24, 2.45) is 0 Å². The first kappa shape index (κ1) is 14.1. The summed E-state index contributed by atoms with van der Waals surface area (Å²) in [4.78, 5) is 23.0. The monoisotopic (exact) mass is 281 g/mol. The van der Waals surface area contributed by atoms with Crippen molar-refractivity contribution >= 4 is 11.9 Å². The van der Waals surface area contributed by atoms with Gasteiger partial charge < -0.3 is 14.7 Å². The van der Waals surface area contributed by atoms with Gasteiger partial charge in [0.2, 0.25) is 0 Å². The van der Waals surface area contributed by atoms with Gasteiger partial charge in [-0.2, -0.15) is 13.2 Å². The van der Waals surface area contributed by atoms with Gasteiger partial charge in [0, 0.05) is 12.5 Å². The molecule has 2 aliphatic rings. The zero-order chi connectivity index (χ0) is 14.4. The van der Waals surface area contributed by atoms with Crippen molar-refractivity contribution in [3.63, 3.8) is 0 Å². The number of piperidine rings is 1. The largest absolute Gasteiger partial charge is 0.479 e. The van der Waals surface area contributed by atoms with E-state index < -0.39 is 42.3 Å². The first-order chi connectivity index (χ1) is 8.71. The third kappa shape index (κ3) is 2.54. The van der Waals surface area contributed by atoms with Crippen LogP contribution >= 0.6 is 0 Å².